The maximum Gasteiger partial charge on any atom is 0.261 e. The zero-order chi connectivity index (χ0) is 23.1. The Morgan fingerprint density at radius 2 is 1.75 bits per heavy atom. The third kappa shape index (κ3) is 6.77. The molecule has 0 heterocycles. The summed E-state index contributed by atoms with van der Waals surface area (Å²) in [6, 6.07) is 11.5. The fourth-order valence-corrected chi connectivity index (χ4v) is 4.33. The molecule has 1 saturated carbocycles. The lowest BCUT2D eigenvalue weighted by molar-refractivity contribution is -0.143. The maximum atomic E-state index is 13.2. The van der Waals surface area contributed by atoms with Gasteiger partial charge < -0.3 is 15.0 Å². The van der Waals surface area contributed by atoms with Crippen LogP contribution >= 0.6 is 34.8 Å². The first-order chi connectivity index (χ1) is 15.4. The van der Waals surface area contributed by atoms with E-state index in [1.165, 1.54) is 0 Å². The molecular formula is C24H27Cl3N2O3. The van der Waals surface area contributed by atoms with Crippen LogP contribution in [0.5, 0.6) is 5.75 Å². The van der Waals surface area contributed by atoms with Crippen LogP contribution in [0.4, 0.5) is 0 Å². The van der Waals surface area contributed by atoms with Crippen LogP contribution in [0.25, 0.3) is 0 Å². The fourth-order valence-electron chi connectivity index (χ4n) is 3.88. The predicted molar refractivity (Wildman–Crippen MR) is 128 cm³/mol. The molecule has 5 nitrogen and oxygen atoms in total. The van der Waals surface area contributed by atoms with Gasteiger partial charge in [-0.05, 0) is 61.2 Å². The van der Waals surface area contributed by atoms with E-state index < -0.39 is 6.04 Å². The van der Waals surface area contributed by atoms with Crippen molar-refractivity contribution in [3.05, 3.63) is 63.1 Å². The van der Waals surface area contributed by atoms with Gasteiger partial charge in [-0.2, -0.15) is 0 Å². The summed E-state index contributed by atoms with van der Waals surface area (Å²) in [7, 11) is 0. The number of nitrogens with zero attached hydrogens (tertiary/aromatic N) is 1. The van der Waals surface area contributed by atoms with Crippen LogP contribution in [-0.2, 0) is 16.1 Å². The molecule has 1 aliphatic rings. The highest BCUT2D eigenvalue weighted by Crippen LogP contribution is 2.25. The van der Waals surface area contributed by atoms with Crippen molar-refractivity contribution >= 4 is 46.6 Å². The molecule has 1 fully saturated rings. The van der Waals surface area contributed by atoms with Gasteiger partial charge in [-0.25, -0.2) is 0 Å². The summed E-state index contributed by atoms with van der Waals surface area (Å²) in [5, 5.41) is 4.53. The van der Waals surface area contributed by atoms with Crippen LogP contribution in [0.15, 0.2) is 42.5 Å². The summed E-state index contributed by atoms with van der Waals surface area (Å²) >= 11 is 18.1. The monoisotopic (exact) mass is 496 g/mol. The molecule has 2 amide bonds. The highest BCUT2D eigenvalue weighted by atomic mass is 35.5. The highest BCUT2D eigenvalue weighted by molar-refractivity contribution is 6.42. The van der Waals surface area contributed by atoms with Crippen LogP contribution in [0.1, 0.15) is 44.6 Å². The number of hydrogen-bond donors (Lipinski definition) is 1. The van der Waals surface area contributed by atoms with Gasteiger partial charge in [0.05, 0.1) is 10.0 Å². The molecule has 172 valence electrons. The standard InChI is InChI=1S/C24H27Cl3N2O3/c1-2-22(24(31)28-18-5-3-4-6-18)29(14-16-7-12-20(26)21(27)13-16)23(30)15-32-19-10-8-17(25)9-11-19/h7-13,18,22H,2-6,14-15H2,1H3,(H,28,31)/t22-/m0/s1. The summed E-state index contributed by atoms with van der Waals surface area (Å²) in [5.41, 5.74) is 0.784. The predicted octanol–water partition coefficient (Wildman–Crippen LogP) is 5.89. The number of amides is 2. The Labute approximate surface area is 204 Å². The molecule has 2 aromatic carbocycles. The van der Waals surface area contributed by atoms with Crippen LogP contribution < -0.4 is 10.1 Å². The van der Waals surface area contributed by atoms with E-state index in [0.717, 1.165) is 31.2 Å². The first-order valence-electron chi connectivity index (χ1n) is 10.8. The Balaban J connectivity index is 1.77. The molecule has 3 rings (SSSR count). The van der Waals surface area contributed by atoms with Gasteiger partial charge in [0.15, 0.2) is 6.61 Å². The summed E-state index contributed by atoms with van der Waals surface area (Å²) in [5.74, 6) is 0.0967. The normalized spacial score (nSPS) is 14.8. The van der Waals surface area contributed by atoms with Gasteiger partial charge in [-0.1, -0.05) is 60.6 Å². The minimum absolute atomic E-state index is 0.140. The molecule has 1 atom stereocenters. The second kappa shape index (κ2) is 11.8. The van der Waals surface area contributed by atoms with Crippen LogP contribution in [0.3, 0.4) is 0 Å². The molecule has 0 spiro atoms. The van der Waals surface area contributed by atoms with E-state index in [0.29, 0.717) is 27.2 Å². The number of benzene rings is 2. The van der Waals surface area contributed by atoms with E-state index in [1.807, 2.05) is 6.92 Å². The minimum atomic E-state index is -0.619. The van der Waals surface area contributed by atoms with Crippen molar-refractivity contribution in [2.75, 3.05) is 6.61 Å². The van der Waals surface area contributed by atoms with Gasteiger partial charge in [0.25, 0.3) is 5.91 Å². The van der Waals surface area contributed by atoms with E-state index in [1.54, 1.807) is 47.4 Å². The zero-order valence-corrected chi connectivity index (χ0v) is 20.2. The number of carbonyl (C=O) groups excluding carboxylic acids is 2. The quantitative estimate of drug-likeness (QED) is 0.470. The Morgan fingerprint density at radius 3 is 2.38 bits per heavy atom. The Hall–Kier alpha value is -1.95. The van der Waals surface area contributed by atoms with Gasteiger partial charge in [-0.3, -0.25) is 9.59 Å². The number of carbonyl (C=O) groups is 2. The maximum absolute atomic E-state index is 13.2. The molecule has 2 aromatic rings. The van der Waals surface area contributed by atoms with E-state index >= 15 is 0 Å². The first-order valence-corrected chi connectivity index (χ1v) is 11.9. The molecule has 32 heavy (non-hydrogen) atoms. The minimum Gasteiger partial charge on any atom is -0.484 e. The van der Waals surface area contributed by atoms with Gasteiger partial charge in [0.1, 0.15) is 11.8 Å². The van der Waals surface area contributed by atoms with E-state index in [-0.39, 0.29) is 31.0 Å². The van der Waals surface area contributed by atoms with Crippen LogP contribution in [0.2, 0.25) is 15.1 Å². The third-order valence-electron chi connectivity index (χ3n) is 5.60. The van der Waals surface area contributed by atoms with E-state index in [2.05, 4.69) is 5.32 Å². The van der Waals surface area contributed by atoms with Crippen molar-refractivity contribution in [1.82, 2.24) is 10.2 Å². The van der Waals surface area contributed by atoms with Crippen molar-refractivity contribution in [3.8, 4) is 5.75 Å². The fraction of sp³-hybridized carbons (Fsp3) is 0.417. The number of nitrogens with one attached hydrogen (secondary N) is 1. The molecule has 8 heteroatoms. The first kappa shape index (κ1) is 24.7. The second-order valence-corrected chi connectivity index (χ2v) is 9.18. The topological polar surface area (TPSA) is 58.6 Å². The Kier molecular flexibility index (Phi) is 9.09. The Morgan fingerprint density at radius 1 is 1.06 bits per heavy atom. The van der Waals surface area contributed by atoms with Crippen molar-refractivity contribution in [3.63, 3.8) is 0 Å². The molecule has 1 aliphatic carbocycles. The van der Waals surface area contributed by atoms with Crippen LogP contribution in [-0.4, -0.2) is 35.4 Å². The van der Waals surface area contributed by atoms with Gasteiger partial charge >= 0.3 is 0 Å². The molecule has 0 bridgehead atoms. The lowest BCUT2D eigenvalue weighted by Gasteiger charge is -2.31. The van der Waals surface area contributed by atoms with Crippen molar-refractivity contribution in [1.29, 1.82) is 0 Å². The summed E-state index contributed by atoms with van der Waals surface area (Å²) in [6.07, 6.45) is 4.66. The zero-order valence-electron chi connectivity index (χ0n) is 18.0. The van der Waals surface area contributed by atoms with E-state index in [9.17, 15) is 9.59 Å². The Bertz CT molecular complexity index is 931. The summed E-state index contributed by atoms with van der Waals surface area (Å²) < 4.78 is 5.66. The highest BCUT2D eigenvalue weighted by Gasteiger charge is 2.31. The average Bonchev–Trinajstić information content (AvgIpc) is 3.28. The lowest BCUT2D eigenvalue weighted by Crippen LogP contribution is -2.52. The molecule has 0 aromatic heterocycles. The second-order valence-electron chi connectivity index (χ2n) is 7.93. The largest absolute Gasteiger partial charge is 0.484 e. The van der Waals surface area contributed by atoms with Crippen molar-refractivity contribution < 1.29 is 14.3 Å². The summed E-state index contributed by atoms with van der Waals surface area (Å²) in [6.45, 7) is 1.92. The number of halogens is 3. The number of ether oxygens (including phenoxy) is 1. The van der Waals surface area contributed by atoms with Gasteiger partial charge in [-0.15, -0.1) is 0 Å². The van der Waals surface area contributed by atoms with Gasteiger partial charge in [0, 0.05) is 17.6 Å². The average molecular weight is 498 g/mol. The summed E-state index contributed by atoms with van der Waals surface area (Å²) in [4.78, 5) is 27.9. The molecule has 0 saturated heterocycles. The van der Waals surface area contributed by atoms with Crippen molar-refractivity contribution in [2.45, 2.75) is 57.7 Å². The van der Waals surface area contributed by atoms with Gasteiger partial charge in [0.2, 0.25) is 5.91 Å². The molecule has 1 N–H and O–H groups in total. The lowest BCUT2D eigenvalue weighted by atomic mass is 10.1. The SMILES string of the molecule is CC[C@@H](C(=O)NC1CCCC1)N(Cc1ccc(Cl)c(Cl)c1)C(=O)COc1ccc(Cl)cc1. The molecule has 0 radical (unpaired) electrons. The molecular weight excluding hydrogens is 471 g/mol. The molecule has 0 unspecified atom stereocenters. The van der Waals surface area contributed by atoms with Crippen LogP contribution in [0, 0.1) is 0 Å². The van der Waals surface area contributed by atoms with Crippen molar-refractivity contribution in [2.24, 2.45) is 0 Å². The number of hydrogen-bond acceptors (Lipinski definition) is 3. The van der Waals surface area contributed by atoms with E-state index in [4.69, 9.17) is 39.5 Å². The number of rotatable bonds is 9. The molecule has 0 aliphatic heterocycles. The third-order valence-corrected chi connectivity index (χ3v) is 6.59. The smallest absolute Gasteiger partial charge is 0.261 e.